The number of nitrogens with one attached hydrogen (secondary N) is 2. The van der Waals surface area contributed by atoms with Crippen LogP contribution in [0.2, 0.25) is 0 Å². The number of benzene rings is 1. The Labute approximate surface area is 243 Å². The van der Waals surface area contributed by atoms with Gasteiger partial charge in [0.2, 0.25) is 5.91 Å². The summed E-state index contributed by atoms with van der Waals surface area (Å²) in [6, 6.07) is 4.29. The molecular weight excluding hydrogens is 579 g/mol. The predicted molar refractivity (Wildman–Crippen MR) is 153 cm³/mol. The Morgan fingerprint density at radius 3 is 2.57 bits per heavy atom. The molecule has 12 nitrogen and oxygen atoms in total. The van der Waals surface area contributed by atoms with Crippen molar-refractivity contribution in [3.63, 3.8) is 0 Å². The van der Waals surface area contributed by atoms with E-state index in [1.54, 1.807) is 18.2 Å². The zero-order valence-electron chi connectivity index (χ0n) is 23.9. The molecule has 4 rings (SSSR count). The average molecular weight is 618 g/mol. The molecule has 0 spiro atoms. The number of amides is 2. The van der Waals surface area contributed by atoms with E-state index in [4.69, 9.17) is 0 Å². The van der Waals surface area contributed by atoms with Crippen LogP contribution in [0.4, 0.5) is 18.4 Å². The van der Waals surface area contributed by atoms with Crippen molar-refractivity contribution >= 4 is 38.9 Å². The number of carbonyl (C=O) groups is 2. The van der Waals surface area contributed by atoms with Gasteiger partial charge in [-0.05, 0) is 45.1 Å². The highest BCUT2D eigenvalue weighted by atomic mass is 32.3. The predicted octanol–water partition coefficient (Wildman–Crippen LogP) is 1.12. The van der Waals surface area contributed by atoms with Crippen LogP contribution in [0.3, 0.4) is 0 Å². The molecule has 3 heterocycles. The highest BCUT2D eigenvalue weighted by Gasteiger charge is 2.44. The standard InChI is InChI=1S/C25H33F3N6O5S.CH5N/c1-17-13-25(26,27)16-34(17)22(35)15-31-24(36)23-19-12-18(32(2)8-3-9-33-10-6-29-7-11-33)4-5-20(19)30-14-21(23)39-40(28,37)38;1-2/h4-5,12,14,17,29H,3,6-11,13,15-16H2,1-2H3,(H,31,36);2H2,1H3. The van der Waals surface area contributed by atoms with Crippen molar-refractivity contribution in [2.45, 2.75) is 31.7 Å². The van der Waals surface area contributed by atoms with Crippen LogP contribution in [0.1, 0.15) is 30.1 Å². The minimum atomic E-state index is -5.51. The molecule has 0 bridgehead atoms. The number of carbonyl (C=O) groups excluding carboxylic acids is 2. The van der Waals surface area contributed by atoms with E-state index in [9.17, 15) is 30.7 Å². The molecule has 2 aromatic rings. The van der Waals surface area contributed by atoms with Gasteiger partial charge in [0, 0.05) is 63.3 Å². The Bertz CT molecular complexity index is 1360. The van der Waals surface area contributed by atoms with Gasteiger partial charge in [-0.15, -0.1) is 0 Å². The van der Waals surface area contributed by atoms with E-state index in [0.29, 0.717) is 17.7 Å². The number of piperazine rings is 1. The first-order valence-corrected chi connectivity index (χ1v) is 14.9. The van der Waals surface area contributed by atoms with E-state index in [0.717, 1.165) is 50.2 Å². The van der Waals surface area contributed by atoms with Gasteiger partial charge in [0.1, 0.15) is 0 Å². The van der Waals surface area contributed by atoms with Crippen LogP contribution in [0.25, 0.3) is 10.9 Å². The third-order valence-electron chi connectivity index (χ3n) is 7.10. The van der Waals surface area contributed by atoms with Gasteiger partial charge in [-0.2, -0.15) is 8.42 Å². The summed E-state index contributed by atoms with van der Waals surface area (Å²) in [6.07, 6.45) is 1.29. The van der Waals surface area contributed by atoms with E-state index in [2.05, 4.69) is 30.4 Å². The lowest BCUT2D eigenvalue weighted by Crippen LogP contribution is -2.44. The first-order chi connectivity index (χ1) is 19.8. The molecule has 4 N–H and O–H groups in total. The van der Waals surface area contributed by atoms with Gasteiger partial charge in [-0.1, -0.05) is 3.89 Å². The molecule has 1 aromatic carbocycles. The molecule has 0 radical (unpaired) electrons. The van der Waals surface area contributed by atoms with E-state index in [1.807, 2.05) is 11.9 Å². The molecule has 1 unspecified atom stereocenters. The first kappa shape index (κ1) is 33.3. The fourth-order valence-electron chi connectivity index (χ4n) is 5.09. The second kappa shape index (κ2) is 14.3. The summed E-state index contributed by atoms with van der Waals surface area (Å²) >= 11 is 0. The first-order valence-electron chi connectivity index (χ1n) is 13.6. The largest absolute Gasteiger partial charge is 0.488 e. The van der Waals surface area contributed by atoms with Gasteiger partial charge in [0.15, 0.2) is 5.75 Å². The SMILES string of the molecule is CC1CC(F)(F)CN1C(=O)CNC(=O)c1c(OS(=O)(=O)F)cnc2ccc(N(C)CCCN3CCNCC3)cc12.CN. The second-order valence-electron chi connectivity index (χ2n) is 10.2. The number of alkyl halides is 2. The summed E-state index contributed by atoms with van der Waals surface area (Å²) in [5.74, 6) is -5.37. The molecule has 1 aromatic heterocycles. The van der Waals surface area contributed by atoms with Gasteiger partial charge in [0.25, 0.3) is 11.8 Å². The highest BCUT2D eigenvalue weighted by Crippen LogP contribution is 2.32. The summed E-state index contributed by atoms with van der Waals surface area (Å²) in [5, 5.41) is 5.81. The number of aromatic nitrogens is 1. The van der Waals surface area contributed by atoms with Crippen LogP contribution in [0.5, 0.6) is 5.75 Å². The Morgan fingerprint density at radius 2 is 1.95 bits per heavy atom. The lowest BCUT2D eigenvalue weighted by molar-refractivity contribution is -0.131. The van der Waals surface area contributed by atoms with Crippen LogP contribution in [0.15, 0.2) is 24.4 Å². The number of nitrogens with two attached hydrogens (primary N) is 1. The molecule has 0 saturated carbocycles. The second-order valence-corrected chi connectivity index (χ2v) is 11.1. The lowest BCUT2D eigenvalue weighted by atomic mass is 10.1. The number of rotatable bonds is 10. The average Bonchev–Trinajstić information content (AvgIpc) is 3.23. The number of anilines is 1. The minimum Gasteiger partial charge on any atom is -0.375 e. The molecule has 2 saturated heterocycles. The summed E-state index contributed by atoms with van der Waals surface area (Å²) in [4.78, 5) is 35.2. The topological polar surface area (TPSA) is 150 Å². The maximum atomic E-state index is 13.7. The maximum Gasteiger partial charge on any atom is 0.488 e. The van der Waals surface area contributed by atoms with Gasteiger partial charge in [-0.25, -0.2) is 8.78 Å². The van der Waals surface area contributed by atoms with Gasteiger partial charge >= 0.3 is 10.5 Å². The molecule has 1 atom stereocenters. The van der Waals surface area contributed by atoms with Gasteiger partial charge in [-0.3, -0.25) is 14.6 Å². The number of hydrogen-bond donors (Lipinski definition) is 3. The summed E-state index contributed by atoms with van der Waals surface area (Å²) < 4.78 is 67.9. The monoisotopic (exact) mass is 617 g/mol. The minimum absolute atomic E-state index is 0.165. The molecular formula is C26H38F3N7O5S. The van der Waals surface area contributed by atoms with Crippen LogP contribution in [-0.2, 0) is 15.3 Å². The van der Waals surface area contributed by atoms with Gasteiger partial charge < -0.3 is 35.3 Å². The van der Waals surface area contributed by atoms with Crippen molar-refractivity contribution in [1.29, 1.82) is 0 Å². The number of nitrogens with zero attached hydrogens (tertiary/aromatic N) is 4. The van der Waals surface area contributed by atoms with Crippen molar-refractivity contribution in [3.05, 3.63) is 30.0 Å². The van der Waals surface area contributed by atoms with Crippen LogP contribution >= 0.6 is 0 Å². The number of hydrogen-bond acceptors (Lipinski definition) is 10. The number of pyridine rings is 1. The Kier molecular flexibility index (Phi) is 11.3. The van der Waals surface area contributed by atoms with E-state index in [1.165, 1.54) is 14.0 Å². The quantitative estimate of drug-likeness (QED) is 0.331. The fourth-order valence-corrected chi connectivity index (χ4v) is 5.43. The molecule has 2 fully saturated rings. The van der Waals surface area contributed by atoms with Crippen molar-refractivity contribution in [2.75, 3.05) is 71.4 Å². The number of likely N-dealkylation sites (tertiary alicyclic amines) is 1. The third-order valence-corrected chi connectivity index (χ3v) is 7.48. The molecule has 2 amide bonds. The van der Waals surface area contributed by atoms with Crippen molar-refractivity contribution in [3.8, 4) is 5.75 Å². The van der Waals surface area contributed by atoms with Gasteiger partial charge in [0.05, 0.1) is 30.4 Å². The van der Waals surface area contributed by atoms with Crippen LogP contribution in [0, 0.1) is 0 Å². The molecule has 0 aliphatic carbocycles. The third kappa shape index (κ3) is 8.89. The summed E-state index contributed by atoms with van der Waals surface area (Å²) in [5.41, 5.74) is 5.13. The van der Waals surface area contributed by atoms with Crippen molar-refractivity contribution in [2.24, 2.45) is 5.73 Å². The van der Waals surface area contributed by atoms with E-state index in [-0.39, 0.29) is 10.9 Å². The molecule has 2 aliphatic heterocycles. The highest BCUT2D eigenvalue weighted by molar-refractivity contribution is 7.81. The van der Waals surface area contributed by atoms with Crippen molar-refractivity contribution in [1.82, 2.24) is 25.4 Å². The Hall–Kier alpha value is -3.21. The Balaban J connectivity index is 0.00000237. The number of halogens is 3. The summed E-state index contributed by atoms with van der Waals surface area (Å²) in [6.45, 7) is 5.55. The van der Waals surface area contributed by atoms with E-state index < -0.39 is 59.5 Å². The smallest absolute Gasteiger partial charge is 0.375 e. The molecule has 42 heavy (non-hydrogen) atoms. The number of fused-ring (bicyclic) bond motifs is 1. The normalized spacial score (nSPS) is 18.7. The maximum absolute atomic E-state index is 13.7. The van der Waals surface area contributed by atoms with Crippen LogP contribution in [-0.4, -0.2) is 113 Å². The molecule has 16 heteroatoms. The van der Waals surface area contributed by atoms with Crippen LogP contribution < -0.4 is 25.5 Å². The Morgan fingerprint density at radius 1 is 1.26 bits per heavy atom. The van der Waals surface area contributed by atoms with E-state index >= 15 is 0 Å². The van der Waals surface area contributed by atoms with Crippen molar-refractivity contribution < 1.29 is 34.9 Å². The molecule has 2 aliphatic rings. The summed E-state index contributed by atoms with van der Waals surface area (Å²) in [7, 11) is -2.15. The zero-order valence-corrected chi connectivity index (χ0v) is 24.7. The fraction of sp³-hybridized carbons (Fsp3) is 0.577. The lowest BCUT2D eigenvalue weighted by Gasteiger charge is -2.28. The molecule has 234 valence electrons. The zero-order chi connectivity index (χ0) is 31.1.